The zero-order valence-corrected chi connectivity index (χ0v) is 18.9. The van der Waals surface area contributed by atoms with Crippen molar-refractivity contribution in [1.29, 1.82) is 0 Å². The second kappa shape index (κ2) is 8.94. The molecule has 3 aromatic carbocycles. The Hall–Kier alpha value is -3.86. The molecule has 1 aliphatic rings. The number of aliphatic hydroxyl groups is 1. The van der Waals surface area contributed by atoms with Crippen LogP contribution in [-0.4, -0.2) is 21.9 Å². The fraction of sp³-hybridized carbons (Fsp3) is 0.214. The van der Waals surface area contributed by atoms with Crippen molar-refractivity contribution < 1.29 is 19.8 Å². The highest BCUT2D eigenvalue weighted by atomic mass is 16.3. The zero-order valence-electron chi connectivity index (χ0n) is 18.9. The average Bonchev–Trinajstić information content (AvgIpc) is 3.09. The fourth-order valence-electron chi connectivity index (χ4n) is 4.18. The average molecular weight is 442 g/mol. The van der Waals surface area contributed by atoms with Gasteiger partial charge in [-0.2, -0.15) is 0 Å². The van der Waals surface area contributed by atoms with Crippen LogP contribution < -0.4 is 4.90 Å². The number of rotatable bonds is 5. The van der Waals surface area contributed by atoms with E-state index in [1.165, 1.54) is 17.0 Å². The molecule has 5 heteroatoms. The van der Waals surface area contributed by atoms with Crippen LogP contribution in [0.4, 0.5) is 5.69 Å². The number of aliphatic hydroxyl groups excluding tert-OH is 1. The first-order valence-electron chi connectivity index (χ1n) is 11.1. The highest BCUT2D eigenvalue weighted by Crippen LogP contribution is 2.43. The molecule has 0 radical (unpaired) electrons. The molecule has 0 bridgehead atoms. The lowest BCUT2D eigenvalue weighted by molar-refractivity contribution is -0.132. The first kappa shape index (κ1) is 22.3. The van der Waals surface area contributed by atoms with Gasteiger partial charge in [0.25, 0.3) is 11.7 Å². The number of benzene rings is 3. The second-order valence-electron chi connectivity index (χ2n) is 8.56. The van der Waals surface area contributed by atoms with Crippen LogP contribution >= 0.6 is 0 Å². The molecule has 0 spiro atoms. The van der Waals surface area contributed by atoms with Crippen LogP contribution in [0.3, 0.4) is 0 Å². The molecular weight excluding hydrogens is 414 g/mol. The van der Waals surface area contributed by atoms with Gasteiger partial charge in [0.05, 0.1) is 11.6 Å². The van der Waals surface area contributed by atoms with Crippen LogP contribution in [0.5, 0.6) is 5.75 Å². The van der Waals surface area contributed by atoms with Gasteiger partial charge in [-0.3, -0.25) is 14.5 Å². The predicted molar refractivity (Wildman–Crippen MR) is 129 cm³/mol. The molecule has 1 unspecified atom stereocenters. The van der Waals surface area contributed by atoms with Gasteiger partial charge in [-0.05, 0) is 53.3 Å². The third-order valence-corrected chi connectivity index (χ3v) is 6.10. The normalized spacial score (nSPS) is 17.7. The van der Waals surface area contributed by atoms with E-state index in [2.05, 4.69) is 13.8 Å². The molecular formula is C28H27NO4. The molecule has 2 N–H and O–H groups in total. The van der Waals surface area contributed by atoms with E-state index < -0.39 is 17.7 Å². The van der Waals surface area contributed by atoms with E-state index in [-0.39, 0.29) is 17.1 Å². The third-order valence-electron chi connectivity index (χ3n) is 6.10. The van der Waals surface area contributed by atoms with Crippen LogP contribution in [0.25, 0.3) is 5.76 Å². The van der Waals surface area contributed by atoms with Gasteiger partial charge < -0.3 is 10.2 Å². The summed E-state index contributed by atoms with van der Waals surface area (Å²) in [6.45, 7) is 6.20. The Morgan fingerprint density at radius 1 is 0.970 bits per heavy atom. The van der Waals surface area contributed by atoms with Gasteiger partial charge >= 0.3 is 0 Å². The summed E-state index contributed by atoms with van der Waals surface area (Å²) < 4.78 is 0. The van der Waals surface area contributed by atoms with Gasteiger partial charge in [0, 0.05) is 11.3 Å². The highest BCUT2D eigenvalue weighted by molar-refractivity contribution is 6.51. The van der Waals surface area contributed by atoms with E-state index in [0.29, 0.717) is 22.7 Å². The number of hydrogen-bond donors (Lipinski definition) is 2. The summed E-state index contributed by atoms with van der Waals surface area (Å²) in [6, 6.07) is 20.3. The van der Waals surface area contributed by atoms with E-state index in [9.17, 15) is 19.8 Å². The lowest BCUT2D eigenvalue weighted by atomic mass is 9.94. The number of amides is 1. The summed E-state index contributed by atoms with van der Waals surface area (Å²) in [5, 5.41) is 21.3. The number of phenols is 1. The van der Waals surface area contributed by atoms with Crippen molar-refractivity contribution >= 4 is 23.1 Å². The Labute approximate surface area is 193 Å². The predicted octanol–water partition coefficient (Wildman–Crippen LogP) is 5.70. The molecule has 1 fully saturated rings. The number of hydrogen-bond acceptors (Lipinski definition) is 4. The number of anilines is 1. The van der Waals surface area contributed by atoms with Crippen LogP contribution in [-0.2, 0) is 16.0 Å². The van der Waals surface area contributed by atoms with Crippen LogP contribution in [0.15, 0.2) is 78.4 Å². The minimum Gasteiger partial charge on any atom is -0.508 e. The zero-order chi connectivity index (χ0) is 23.7. The Bertz CT molecular complexity index is 1220. The minimum absolute atomic E-state index is 0.00258. The first-order chi connectivity index (χ1) is 15.8. The van der Waals surface area contributed by atoms with Crippen molar-refractivity contribution in [3.8, 4) is 5.75 Å². The number of Topliss-reactive ketones (excluding diaryl/α,β-unsaturated/α-hetero) is 1. The van der Waals surface area contributed by atoms with Crippen molar-refractivity contribution in [3.05, 3.63) is 101 Å². The number of aromatic hydroxyl groups is 1. The first-order valence-corrected chi connectivity index (χ1v) is 11.1. The van der Waals surface area contributed by atoms with E-state index in [1.807, 2.05) is 43.3 Å². The van der Waals surface area contributed by atoms with Gasteiger partial charge in [0.15, 0.2) is 0 Å². The number of carbonyl (C=O) groups excluding carboxylic acids is 2. The molecule has 1 heterocycles. The molecule has 1 saturated heterocycles. The maximum atomic E-state index is 13.2. The van der Waals surface area contributed by atoms with Gasteiger partial charge in [-0.15, -0.1) is 0 Å². The topological polar surface area (TPSA) is 77.8 Å². The monoisotopic (exact) mass is 441 g/mol. The lowest BCUT2D eigenvalue weighted by Crippen LogP contribution is -2.29. The number of ketones is 1. The van der Waals surface area contributed by atoms with Crippen LogP contribution in [0.1, 0.15) is 55.0 Å². The Morgan fingerprint density at radius 3 is 2.21 bits per heavy atom. The summed E-state index contributed by atoms with van der Waals surface area (Å²) >= 11 is 0. The van der Waals surface area contributed by atoms with Gasteiger partial charge in [-0.1, -0.05) is 69.3 Å². The summed E-state index contributed by atoms with van der Waals surface area (Å²) in [7, 11) is 0. The Morgan fingerprint density at radius 2 is 1.64 bits per heavy atom. The number of phenolic OH excluding ortho intramolecular Hbond substituents is 1. The van der Waals surface area contributed by atoms with Gasteiger partial charge in [0.1, 0.15) is 11.5 Å². The highest BCUT2D eigenvalue weighted by Gasteiger charge is 2.47. The standard InChI is InChI=1S/C28H27NO4/c1-4-18-8-10-20(11-9-18)26(31)24-25(21-6-5-7-23(30)16-21)29(28(33)27(24)32)22-14-12-19(13-15-22)17(2)3/h5-17,25,30-31H,4H2,1-3H3/b26-24-. The lowest BCUT2D eigenvalue weighted by Gasteiger charge is -2.26. The van der Waals surface area contributed by atoms with Gasteiger partial charge in [-0.25, -0.2) is 0 Å². The molecule has 1 amide bonds. The molecule has 4 rings (SSSR count). The summed E-state index contributed by atoms with van der Waals surface area (Å²) in [5.41, 5.74) is 3.76. The second-order valence-corrected chi connectivity index (χ2v) is 8.56. The minimum atomic E-state index is -0.868. The molecule has 0 aromatic heterocycles. The molecule has 3 aromatic rings. The number of nitrogens with zero attached hydrogens (tertiary/aromatic N) is 1. The summed E-state index contributed by atoms with van der Waals surface area (Å²) in [4.78, 5) is 27.8. The smallest absolute Gasteiger partial charge is 0.300 e. The van der Waals surface area contributed by atoms with E-state index in [0.717, 1.165) is 17.5 Å². The SMILES string of the molecule is CCc1ccc(/C(O)=C2/C(=O)C(=O)N(c3ccc(C(C)C)cc3)C2c2cccc(O)c2)cc1. The van der Waals surface area contributed by atoms with Crippen LogP contribution in [0, 0.1) is 0 Å². The summed E-state index contributed by atoms with van der Waals surface area (Å²) in [5.74, 6) is -1.37. The molecule has 5 nitrogen and oxygen atoms in total. The Kier molecular flexibility index (Phi) is 6.05. The third kappa shape index (κ3) is 4.14. The van der Waals surface area contributed by atoms with E-state index in [4.69, 9.17) is 0 Å². The largest absolute Gasteiger partial charge is 0.508 e. The quantitative estimate of drug-likeness (QED) is 0.302. The number of aryl methyl sites for hydroxylation is 1. The maximum absolute atomic E-state index is 13.2. The molecule has 0 aliphatic carbocycles. The molecule has 168 valence electrons. The molecule has 1 aliphatic heterocycles. The van der Waals surface area contributed by atoms with Crippen LogP contribution in [0.2, 0.25) is 0 Å². The van der Waals surface area contributed by atoms with E-state index >= 15 is 0 Å². The van der Waals surface area contributed by atoms with Crippen molar-refractivity contribution in [2.24, 2.45) is 0 Å². The van der Waals surface area contributed by atoms with Gasteiger partial charge in [0.2, 0.25) is 0 Å². The maximum Gasteiger partial charge on any atom is 0.300 e. The fourth-order valence-corrected chi connectivity index (χ4v) is 4.18. The Balaban J connectivity index is 1.89. The van der Waals surface area contributed by atoms with Crippen molar-refractivity contribution in [2.45, 2.75) is 39.2 Å². The van der Waals surface area contributed by atoms with E-state index in [1.54, 1.807) is 24.3 Å². The van der Waals surface area contributed by atoms with Crippen molar-refractivity contribution in [3.63, 3.8) is 0 Å². The molecule has 0 saturated carbocycles. The van der Waals surface area contributed by atoms with Crippen molar-refractivity contribution in [1.82, 2.24) is 0 Å². The number of carbonyl (C=O) groups is 2. The summed E-state index contributed by atoms with van der Waals surface area (Å²) in [6.07, 6.45) is 0.848. The molecule has 33 heavy (non-hydrogen) atoms. The molecule has 1 atom stereocenters. The van der Waals surface area contributed by atoms with Crippen molar-refractivity contribution in [2.75, 3.05) is 4.90 Å².